The van der Waals surface area contributed by atoms with Crippen LogP contribution in [0.2, 0.25) is 0 Å². The number of hydrogen-bond donors (Lipinski definition) is 1. The lowest BCUT2D eigenvalue weighted by atomic mass is 10.1. The zero-order chi connectivity index (χ0) is 18.4. The Hall–Kier alpha value is -3.17. The van der Waals surface area contributed by atoms with E-state index in [9.17, 15) is 5.26 Å². The SMILES string of the molecule is CCc1ccc(N/N=C(/C#N)c2nc(-c3cccc(OC)c3)cs2)cc1. The molecule has 0 aliphatic heterocycles. The molecule has 0 fully saturated rings. The average Bonchev–Trinajstić information content (AvgIpc) is 3.19. The van der Waals surface area contributed by atoms with E-state index in [1.165, 1.54) is 16.9 Å². The summed E-state index contributed by atoms with van der Waals surface area (Å²) in [5.74, 6) is 0.767. The molecule has 5 nitrogen and oxygen atoms in total. The molecule has 0 saturated carbocycles. The number of hydrogen-bond acceptors (Lipinski definition) is 6. The van der Waals surface area contributed by atoms with Crippen molar-refractivity contribution in [1.82, 2.24) is 4.98 Å². The van der Waals surface area contributed by atoms with E-state index in [0.717, 1.165) is 29.1 Å². The van der Waals surface area contributed by atoms with Crippen LogP contribution in [0.3, 0.4) is 0 Å². The van der Waals surface area contributed by atoms with Gasteiger partial charge in [0.05, 0.1) is 18.5 Å². The van der Waals surface area contributed by atoms with Gasteiger partial charge in [-0.05, 0) is 36.2 Å². The van der Waals surface area contributed by atoms with E-state index in [1.54, 1.807) is 7.11 Å². The van der Waals surface area contributed by atoms with Crippen molar-refractivity contribution in [1.29, 1.82) is 5.26 Å². The van der Waals surface area contributed by atoms with Gasteiger partial charge in [-0.25, -0.2) is 4.98 Å². The second-order valence-electron chi connectivity index (χ2n) is 5.50. The van der Waals surface area contributed by atoms with Crippen LogP contribution in [-0.2, 0) is 6.42 Å². The predicted octanol–water partition coefficient (Wildman–Crippen LogP) is 4.72. The van der Waals surface area contributed by atoms with E-state index in [-0.39, 0.29) is 5.71 Å². The molecule has 0 aliphatic carbocycles. The highest BCUT2D eigenvalue weighted by Gasteiger charge is 2.11. The van der Waals surface area contributed by atoms with Crippen molar-refractivity contribution < 1.29 is 4.74 Å². The molecule has 0 bridgehead atoms. The number of aryl methyl sites for hydroxylation is 1. The van der Waals surface area contributed by atoms with E-state index in [0.29, 0.717) is 5.01 Å². The number of nitrogens with zero attached hydrogens (tertiary/aromatic N) is 3. The largest absolute Gasteiger partial charge is 0.497 e. The van der Waals surface area contributed by atoms with Gasteiger partial charge in [0.2, 0.25) is 0 Å². The fourth-order valence-electron chi connectivity index (χ4n) is 2.35. The number of nitriles is 1. The first-order valence-corrected chi connectivity index (χ1v) is 9.04. The minimum absolute atomic E-state index is 0.253. The summed E-state index contributed by atoms with van der Waals surface area (Å²) in [6, 6.07) is 17.7. The summed E-state index contributed by atoms with van der Waals surface area (Å²) in [5, 5.41) is 16.1. The molecule has 1 heterocycles. The van der Waals surface area contributed by atoms with Gasteiger partial charge in [-0.2, -0.15) is 10.4 Å². The minimum atomic E-state index is 0.253. The summed E-state index contributed by atoms with van der Waals surface area (Å²) in [4.78, 5) is 4.54. The van der Waals surface area contributed by atoms with Crippen LogP contribution >= 0.6 is 11.3 Å². The molecule has 1 N–H and O–H groups in total. The van der Waals surface area contributed by atoms with Gasteiger partial charge in [-0.15, -0.1) is 11.3 Å². The molecule has 1 aromatic heterocycles. The highest BCUT2D eigenvalue weighted by molar-refractivity contribution is 7.12. The number of thiazole rings is 1. The molecular weight excluding hydrogens is 344 g/mol. The zero-order valence-electron chi connectivity index (χ0n) is 14.6. The standard InChI is InChI=1S/C20H18N4OS/c1-3-14-7-9-16(10-8-14)23-24-18(12-21)20-22-19(13-26-20)15-5-4-6-17(11-15)25-2/h4-11,13,23H,3H2,1-2H3/b24-18-. The average molecular weight is 362 g/mol. The first-order valence-electron chi connectivity index (χ1n) is 8.16. The Morgan fingerprint density at radius 2 is 2.08 bits per heavy atom. The first-order chi connectivity index (χ1) is 12.7. The number of methoxy groups -OCH3 is 1. The van der Waals surface area contributed by atoms with Crippen LogP contribution in [0.5, 0.6) is 5.75 Å². The molecule has 130 valence electrons. The molecule has 0 unspecified atom stereocenters. The third-order valence-corrected chi connectivity index (χ3v) is 4.69. The van der Waals surface area contributed by atoms with Crippen LogP contribution in [0, 0.1) is 11.3 Å². The molecule has 0 amide bonds. The summed E-state index contributed by atoms with van der Waals surface area (Å²) >= 11 is 1.39. The van der Waals surface area contributed by atoms with Crippen LogP contribution in [0.4, 0.5) is 5.69 Å². The van der Waals surface area contributed by atoms with Gasteiger partial charge in [0.25, 0.3) is 0 Å². The lowest BCUT2D eigenvalue weighted by molar-refractivity contribution is 0.415. The molecule has 26 heavy (non-hydrogen) atoms. The lowest BCUT2D eigenvalue weighted by Gasteiger charge is -2.02. The number of benzene rings is 2. The van der Waals surface area contributed by atoms with Gasteiger partial charge in [0.15, 0.2) is 10.7 Å². The van der Waals surface area contributed by atoms with Crippen molar-refractivity contribution in [2.75, 3.05) is 12.5 Å². The molecule has 3 aromatic rings. The molecular formula is C20H18N4OS. The maximum Gasteiger partial charge on any atom is 0.196 e. The first kappa shape index (κ1) is 17.6. The fraction of sp³-hybridized carbons (Fsp3) is 0.150. The monoisotopic (exact) mass is 362 g/mol. The summed E-state index contributed by atoms with van der Waals surface area (Å²) in [7, 11) is 1.63. The second-order valence-corrected chi connectivity index (χ2v) is 6.36. The third kappa shape index (κ3) is 4.08. The molecule has 0 aliphatic rings. The smallest absolute Gasteiger partial charge is 0.196 e. The van der Waals surface area contributed by atoms with Crippen LogP contribution < -0.4 is 10.2 Å². The van der Waals surface area contributed by atoms with Crippen molar-refractivity contribution in [3.8, 4) is 23.1 Å². The van der Waals surface area contributed by atoms with Gasteiger partial charge in [-0.1, -0.05) is 31.2 Å². The third-order valence-electron chi connectivity index (χ3n) is 3.84. The summed E-state index contributed by atoms with van der Waals surface area (Å²) in [6.45, 7) is 2.11. The number of aromatic nitrogens is 1. The van der Waals surface area contributed by atoms with Crippen LogP contribution in [0.25, 0.3) is 11.3 Å². The Kier molecular flexibility index (Phi) is 5.62. The summed E-state index contributed by atoms with van der Waals surface area (Å²) < 4.78 is 5.25. The summed E-state index contributed by atoms with van der Waals surface area (Å²) in [5.41, 5.74) is 6.99. The van der Waals surface area contributed by atoms with Crippen molar-refractivity contribution >= 4 is 22.7 Å². The molecule has 0 spiro atoms. The van der Waals surface area contributed by atoms with E-state index < -0.39 is 0 Å². The van der Waals surface area contributed by atoms with Crippen LogP contribution in [0.15, 0.2) is 59.0 Å². The van der Waals surface area contributed by atoms with Crippen molar-refractivity contribution in [3.05, 3.63) is 64.5 Å². The highest BCUT2D eigenvalue weighted by Crippen LogP contribution is 2.25. The Balaban J connectivity index is 1.80. The van der Waals surface area contributed by atoms with Crippen molar-refractivity contribution in [2.24, 2.45) is 5.10 Å². The topological polar surface area (TPSA) is 70.3 Å². The Morgan fingerprint density at radius 1 is 1.27 bits per heavy atom. The van der Waals surface area contributed by atoms with Crippen molar-refractivity contribution in [3.63, 3.8) is 0 Å². The van der Waals surface area contributed by atoms with Crippen molar-refractivity contribution in [2.45, 2.75) is 13.3 Å². The van der Waals surface area contributed by atoms with E-state index in [1.807, 2.05) is 53.9 Å². The molecule has 2 aromatic carbocycles. The van der Waals surface area contributed by atoms with Gasteiger partial charge in [0, 0.05) is 10.9 Å². The Labute approximate surface area is 156 Å². The molecule has 3 rings (SSSR count). The summed E-state index contributed by atoms with van der Waals surface area (Å²) in [6.07, 6.45) is 0.985. The van der Waals surface area contributed by atoms with E-state index in [2.05, 4.69) is 28.5 Å². The number of rotatable bonds is 6. The molecule has 0 atom stereocenters. The Bertz CT molecular complexity index is 954. The number of hydrazone groups is 1. The number of ether oxygens (including phenoxy) is 1. The molecule has 0 saturated heterocycles. The normalized spacial score (nSPS) is 11.0. The van der Waals surface area contributed by atoms with Gasteiger partial charge in [-0.3, -0.25) is 5.43 Å². The quantitative estimate of drug-likeness (QED) is 0.509. The van der Waals surface area contributed by atoms with Crippen LogP contribution in [0.1, 0.15) is 17.5 Å². The number of anilines is 1. The van der Waals surface area contributed by atoms with E-state index in [4.69, 9.17) is 4.74 Å². The predicted molar refractivity (Wildman–Crippen MR) is 106 cm³/mol. The maximum absolute atomic E-state index is 9.43. The van der Waals surface area contributed by atoms with E-state index >= 15 is 0 Å². The van der Waals surface area contributed by atoms with Gasteiger partial charge >= 0.3 is 0 Å². The molecule has 0 radical (unpaired) electrons. The minimum Gasteiger partial charge on any atom is -0.497 e. The Morgan fingerprint density at radius 3 is 2.77 bits per heavy atom. The fourth-order valence-corrected chi connectivity index (χ4v) is 3.12. The molecule has 6 heteroatoms. The highest BCUT2D eigenvalue weighted by atomic mass is 32.1. The second kappa shape index (κ2) is 8.28. The lowest BCUT2D eigenvalue weighted by Crippen LogP contribution is -2.01. The van der Waals surface area contributed by atoms with Crippen LogP contribution in [-0.4, -0.2) is 17.8 Å². The van der Waals surface area contributed by atoms with Gasteiger partial charge < -0.3 is 4.74 Å². The number of nitrogens with one attached hydrogen (secondary N) is 1. The maximum atomic E-state index is 9.43. The van der Waals surface area contributed by atoms with Gasteiger partial charge in [0.1, 0.15) is 11.8 Å². The zero-order valence-corrected chi connectivity index (χ0v) is 15.4.